The van der Waals surface area contributed by atoms with E-state index in [0.717, 1.165) is 31.4 Å². The van der Waals surface area contributed by atoms with Crippen LogP contribution >= 0.6 is 0 Å². The van der Waals surface area contributed by atoms with Crippen molar-refractivity contribution in [3.05, 3.63) is 47.5 Å². The van der Waals surface area contributed by atoms with Gasteiger partial charge >= 0.3 is 5.97 Å². The maximum atomic E-state index is 13.3. The number of hydrogen-bond donors (Lipinski definition) is 0. The molecule has 1 aromatic carbocycles. The molecule has 1 unspecified atom stereocenters. The number of rotatable bonds is 5. The number of ether oxygens (including phenoxy) is 1. The molecule has 0 bridgehead atoms. The summed E-state index contributed by atoms with van der Waals surface area (Å²) in [6.07, 6.45) is 4.55. The van der Waals surface area contributed by atoms with E-state index in [1.807, 2.05) is 6.07 Å². The number of methoxy groups -OCH3 is 1. The Kier molecular flexibility index (Phi) is 4.66. The third-order valence-corrected chi connectivity index (χ3v) is 4.12. The second kappa shape index (κ2) is 6.87. The summed E-state index contributed by atoms with van der Waals surface area (Å²) in [5, 5.41) is 7.78. The van der Waals surface area contributed by atoms with Crippen molar-refractivity contribution in [3.8, 4) is 0 Å². The second-order valence-corrected chi connectivity index (χ2v) is 5.72. The van der Waals surface area contributed by atoms with Crippen molar-refractivity contribution < 1.29 is 13.9 Å². The van der Waals surface area contributed by atoms with Crippen LogP contribution in [0.3, 0.4) is 0 Å². The molecular weight excluding hydrogens is 299 g/mol. The molecule has 0 saturated carbocycles. The van der Waals surface area contributed by atoms with Gasteiger partial charge in [0.1, 0.15) is 5.82 Å². The van der Waals surface area contributed by atoms with E-state index in [4.69, 9.17) is 0 Å². The molecule has 1 aliphatic heterocycles. The first-order chi connectivity index (χ1) is 11.2. The van der Waals surface area contributed by atoms with E-state index in [0.29, 0.717) is 12.7 Å². The number of benzene rings is 1. The summed E-state index contributed by atoms with van der Waals surface area (Å²) in [7, 11) is 1.32. The molecular formula is C16H19FN4O2. The van der Waals surface area contributed by atoms with Crippen molar-refractivity contribution in [2.75, 3.05) is 13.7 Å². The predicted molar refractivity (Wildman–Crippen MR) is 81.2 cm³/mol. The van der Waals surface area contributed by atoms with Crippen LogP contribution in [0, 0.1) is 5.82 Å². The average Bonchev–Trinajstić information content (AvgIpc) is 3.17. The molecule has 0 radical (unpaired) electrons. The third-order valence-electron chi connectivity index (χ3n) is 4.12. The Labute approximate surface area is 133 Å². The van der Waals surface area contributed by atoms with Gasteiger partial charge in [0.25, 0.3) is 0 Å². The Balaban J connectivity index is 1.65. The topological polar surface area (TPSA) is 60.2 Å². The highest BCUT2D eigenvalue weighted by Gasteiger charge is 2.25. The van der Waals surface area contributed by atoms with Crippen molar-refractivity contribution in [2.45, 2.75) is 32.0 Å². The van der Waals surface area contributed by atoms with E-state index in [-0.39, 0.29) is 11.5 Å². The summed E-state index contributed by atoms with van der Waals surface area (Å²) in [4.78, 5) is 13.7. The first kappa shape index (κ1) is 15.6. The fourth-order valence-electron chi connectivity index (χ4n) is 3.00. The molecule has 1 saturated heterocycles. The van der Waals surface area contributed by atoms with Gasteiger partial charge in [0.05, 0.1) is 20.0 Å². The number of carbonyl (C=O) groups is 1. The molecule has 2 aromatic rings. The van der Waals surface area contributed by atoms with Crippen LogP contribution in [0.25, 0.3) is 0 Å². The van der Waals surface area contributed by atoms with E-state index in [2.05, 4.69) is 19.9 Å². The normalized spacial score (nSPS) is 18.3. The maximum absolute atomic E-state index is 13.3. The van der Waals surface area contributed by atoms with Gasteiger partial charge in [-0.2, -0.15) is 0 Å². The van der Waals surface area contributed by atoms with Gasteiger partial charge in [-0.15, -0.1) is 5.10 Å². The molecule has 0 amide bonds. The van der Waals surface area contributed by atoms with Gasteiger partial charge in [0, 0.05) is 12.6 Å². The van der Waals surface area contributed by atoms with Gasteiger partial charge in [-0.25, -0.2) is 13.9 Å². The standard InChI is InChI=1S/C16H19FN4O2/c1-23-16(22)15-10-21(19-18-15)11-20-7-3-6-14(20)9-12-4-2-5-13(17)8-12/h2,4-5,8,10,14H,3,6-7,9,11H2,1H3. The van der Waals surface area contributed by atoms with E-state index < -0.39 is 5.97 Å². The number of hydrogen-bond acceptors (Lipinski definition) is 5. The minimum atomic E-state index is -0.492. The molecule has 1 fully saturated rings. The van der Waals surface area contributed by atoms with Crippen LogP contribution in [-0.4, -0.2) is 45.6 Å². The largest absolute Gasteiger partial charge is 0.464 e. The minimum Gasteiger partial charge on any atom is -0.464 e. The molecule has 2 heterocycles. The van der Waals surface area contributed by atoms with Gasteiger partial charge in [-0.3, -0.25) is 4.90 Å². The van der Waals surface area contributed by atoms with E-state index >= 15 is 0 Å². The lowest BCUT2D eigenvalue weighted by Crippen LogP contribution is -2.33. The SMILES string of the molecule is COC(=O)c1cn(CN2CCCC2Cc2cccc(F)c2)nn1. The lowest BCUT2D eigenvalue weighted by atomic mass is 10.0. The first-order valence-electron chi connectivity index (χ1n) is 7.62. The molecule has 23 heavy (non-hydrogen) atoms. The summed E-state index contributed by atoms with van der Waals surface area (Å²) in [5.41, 5.74) is 1.20. The van der Waals surface area contributed by atoms with Crippen LogP contribution in [0.4, 0.5) is 4.39 Å². The monoisotopic (exact) mass is 318 g/mol. The van der Waals surface area contributed by atoms with Crippen LogP contribution in [0.1, 0.15) is 28.9 Å². The van der Waals surface area contributed by atoms with Gasteiger partial charge in [0.15, 0.2) is 5.69 Å². The van der Waals surface area contributed by atoms with Crippen LogP contribution in [0.5, 0.6) is 0 Å². The number of esters is 1. The van der Waals surface area contributed by atoms with Crippen LogP contribution in [0.2, 0.25) is 0 Å². The zero-order valence-electron chi connectivity index (χ0n) is 13.0. The molecule has 7 heteroatoms. The molecule has 122 valence electrons. The minimum absolute atomic E-state index is 0.202. The molecule has 0 spiro atoms. The number of aromatic nitrogens is 3. The van der Waals surface area contributed by atoms with Crippen molar-refractivity contribution in [3.63, 3.8) is 0 Å². The highest BCUT2D eigenvalue weighted by atomic mass is 19.1. The lowest BCUT2D eigenvalue weighted by Gasteiger charge is -2.24. The summed E-state index contributed by atoms with van der Waals surface area (Å²) < 4.78 is 19.6. The van der Waals surface area contributed by atoms with Crippen LogP contribution in [0.15, 0.2) is 30.5 Å². The van der Waals surface area contributed by atoms with E-state index in [9.17, 15) is 9.18 Å². The molecule has 1 aliphatic rings. The zero-order chi connectivity index (χ0) is 16.2. The van der Waals surface area contributed by atoms with Crippen molar-refractivity contribution in [1.82, 2.24) is 19.9 Å². The van der Waals surface area contributed by atoms with Crippen molar-refractivity contribution in [1.29, 1.82) is 0 Å². The Morgan fingerprint density at radius 1 is 1.48 bits per heavy atom. The van der Waals surface area contributed by atoms with Gasteiger partial charge < -0.3 is 4.74 Å². The number of halogens is 1. The quantitative estimate of drug-likeness (QED) is 0.788. The fourth-order valence-corrected chi connectivity index (χ4v) is 3.00. The Bertz CT molecular complexity index is 688. The van der Waals surface area contributed by atoms with Crippen LogP contribution in [-0.2, 0) is 17.8 Å². The van der Waals surface area contributed by atoms with E-state index in [1.165, 1.54) is 13.2 Å². The number of likely N-dealkylation sites (tertiary alicyclic amines) is 1. The molecule has 6 nitrogen and oxygen atoms in total. The summed E-state index contributed by atoms with van der Waals surface area (Å²) >= 11 is 0. The number of nitrogens with zero attached hydrogens (tertiary/aromatic N) is 4. The smallest absolute Gasteiger partial charge is 0.360 e. The van der Waals surface area contributed by atoms with Crippen molar-refractivity contribution >= 4 is 5.97 Å². The second-order valence-electron chi connectivity index (χ2n) is 5.72. The van der Waals surface area contributed by atoms with Crippen molar-refractivity contribution in [2.24, 2.45) is 0 Å². The predicted octanol–water partition coefficient (Wildman–Crippen LogP) is 1.87. The highest BCUT2D eigenvalue weighted by Crippen LogP contribution is 2.22. The summed E-state index contributed by atoms with van der Waals surface area (Å²) in [5.74, 6) is -0.694. The maximum Gasteiger partial charge on any atom is 0.360 e. The lowest BCUT2D eigenvalue weighted by molar-refractivity contribution is 0.0594. The Hall–Kier alpha value is -2.28. The molecule has 1 aromatic heterocycles. The van der Waals surface area contributed by atoms with Crippen LogP contribution < -0.4 is 0 Å². The number of carbonyl (C=O) groups excluding carboxylic acids is 1. The average molecular weight is 318 g/mol. The zero-order valence-corrected chi connectivity index (χ0v) is 13.0. The molecule has 0 N–H and O–H groups in total. The van der Waals surface area contributed by atoms with Gasteiger partial charge in [-0.1, -0.05) is 17.3 Å². The Morgan fingerprint density at radius 2 is 2.35 bits per heavy atom. The third kappa shape index (κ3) is 3.73. The molecule has 3 rings (SSSR count). The van der Waals surface area contributed by atoms with Gasteiger partial charge in [-0.05, 0) is 37.0 Å². The summed E-state index contributed by atoms with van der Waals surface area (Å²) in [6.45, 7) is 1.51. The summed E-state index contributed by atoms with van der Waals surface area (Å²) in [6, 6.07) is 7.07. The Morgan fingerprint density at radius 3 is 3.13 bits per heavy atom. The first-order valence-corrected chi connectivity index (χ1v) is 7.62. The molecule has 0 aliphatic carbocycles. The molecule has 1 atom stereocenters. The fraction of sp³-hybridized carbons (Fsp3) is 0.438. The van der Waals surface area contributed by atoms with E-state index in [1.54, 1.807) is 23.0 Å². The van der Waals surface area contributed by atoms with Gasteiger partial charge in [0.2, 0.25) is 0 Å². The highest BCUT2D eigenvalue weighted by molar-refractivity contribution is 5.86.